The fourth-order valence-corrected chi connectivity index (χ4v) is 4.48. The van der Waals surface area contributed by atoms with Crippen molar-refractivity contribution >= 4 is 22.5 Å². The molecule has 0 spiro atoms. The zero-order valence-electron chi connectivity index (χ0n) is 22.4. The van der Waals surface area contributed by atoms with Gasteiger partial charge in [0.15, 0.2) is 11.6 Å². The molecule has 0 aliphatic rings. The quantitative estimate of drug-likeness (QED) is 0.217. The highest BCUT2D eigenvalue weighted by atomic mass is 19.1. The number of halogens is 2. The Bertz CT molecular complexity index is 1760. The number of carbonyl (C=O) groups is 1. The summed E-state index contributed by atoms with van der Waals surface area (Å²) < 4.78 is 45.0. The van der Waals surface area contributed by atoms with Gasteiger partial charge in [0.25, 0.3) is 5.91 Å². The number of fused-ring (bicyclic) bond motifs is 1. The standard InChI is InChI=1S/C31H25F2N3O5/c1-17-28(18-4-6-19(32)7-5-18)30(37)29(25(35-17)16-39-2)31(38)36-20-8-11-27(23(33)14-20)41-26-12-13-34-24-10-9-21(40-3)15-22(24)26/h4-15H,16H2,1-3H3,(H,35,37)(H,36,38). The minimum atomic E-state index is -0.731. The Morgan fingerprint density at radius 3 is 2.46 bits per heavy atom. The van der Waals surface area contributed by atoms with Crippen molar-refractivity contribution in [3.63, 3.8) is 0 Å². The van der Waals surface area contributed by atoms with Gasteiger partial charge in [0, 0.05) is 41.7 Å². The van der Waals surface area contributed by atoms with Crippen molar-refractivity contribution in [1.82, 2.24) is 9.97 Å². The van der Waals surface area contributed by atoms with Gasteiger partial charge in [-0.1, -0.05) is 12.1 Å². The van der Waals surface area contributed by atoms with Crippen LogP contribution >= 0.6 is 0 Å². The maximum absolute atomic E-state index is 15.2. The van der Waals surface area contributed by atoms with E-state index in [0.717, 1.165) is 6.07 Å². The second-order valence-corrected chi connectivity index (χ2v) is 9.08. The van der Waals surface area contributed by atoms with Crippen LogP contribution in [0.2, 0.25) is 0 Å². The third kappa shape index (κ3) is 5.64. The third-order valence-electron chi connectivity index (χ3n) is 6.39. The fourth-order valence-electron chi connectivity index (χ4n) is 4.48. The van der Waals surface area contributed by atoms with Crippen molar-refractivity contribution in [3.05, 3.63) is 102 Å². The Hall–Kier alpha value is -5.09. The second-order valence-electron chi connectivity index (χ2n) is 9.08. The maximum atomic E-state index is 15.2. The number of ether oxygens (including phenoxy) is 3. The van der Waals surface area contributed by atoms with Gasteiger partial charge in [-0.05, 0) is 61.0 Å². The topological polar surface area (TPSA) is 103 Å². The molecular formula is C31H25F2N3O5. The molecule has 8 nitrogen and oxygen atoms in total. The van der Waals surface area contributed by atoms with Crippen LogP contribution in [0, 0.1) is 18.6 Å². The lowest BCUT2D eigenvalue weighted by molar-refractivity contribution is 0.101. The summed E-state index contributed by atoms with van der Waals surface area (Å²) in [6.07, 6.45) is 1.55. The molecule has 0 aliphatic carbocycles. The summed E-state index contributed by atoms with van der Waals surface area (Å²) >= 11 is 0. The highest BCUT2D eigenvalue weighted by molar-refractivity contribution is 6.08. The van der Waals surface area contributed by atoms with Gasteiger partial charge in [-0.3, -0.25) is 14.8 Å². The molecule has 0 saturated heterocycles. The van der Waals surface area contributed by atoms with Gasteiger partial charge < -0.3 is 24.6 Å². The molecule has 0 saturated carbocycles. The average Bonchev–Trinajstić information content (AvgIpc) is 2.95. The molecule has 5 aromatic rings. The smallest absolute Gasteiger partial charge is 0.261 e. The van der Waals surface area contributed by atoms with Gasteiger partial charge in [0.1, 0.15) is 28.6 Å². The van der Waals surface area contributed by atoms with Gasteiger partial charge in [-0.15, -0.1) is 0 Å². The molecule has 5 rings (SSSR count). The van der Waals surface area contributed by atoms with Crippen LogP contribution in [0.1, 0.15) is 21.7 Å². The highest BCUT2D eigenvalue weighted by Gasteiger charge is 2.24. The molecule has 3 aromatic carbocycles. The van der Waals surface area contributed by atoms with Crippen molar-refractivity contribution < 1.29 is 32.9 Å². The number of nitrogens with one attached hydrogen (secondary N) is 1. The Kier molecular flexibility index (Phi) is 7.75. The Labute approximate surface area is 234 Å². The van der Waals surface area contributed by atoms with Crippen LogP contribution in [-0.2, 0) is 11.3 Å². The first-order valence-electron chi connectivity index (χ1n) is 12.5. The molecule has 0 fully saturated rings. The summed E-state index contributed by atoms with van der Waals surface area (Å²) in [7, 11) is 2.97. The molecule has 208 valence electrons. The number of aromatic nitrogens is 2. The van der Waals surface area contributed by atoms with Gasteiger partial charge in [-0.2, -0.15) is 0 Å². The molecule has 2 heterocycles. The van der Waals surface area contributed by atoms with Crippen LogP contribution in [0.25, 0.3) is 22.0 Å². The number of hydrogen-bond acceptors (Lipinski definition) is 7. The molecule has 2 aromatic heterocycles. The zero-order chi connectivity index (χ0) is 29.1. The van der Waals surface area contributed by atoms with Crippen molar-refractivity contribution in [2.75, 3.05) is 19.5 Å². The van der Waals surface area contributed by atoms with Gasteiger partial charge >= 0.3 is 0 Å². The molecule has 41 heavy (non-hydrogen) atoms. The predicted molar refractivity (Wildman–Crippen MR) is 149 cm³/mol. The molecule has 0 atom stereocenters. The van der Waals surface area contributed by atoms with Crippen molar-refractivity contribution in [3.8, 4) is 34.1 Å². The summed E-state index contributed by atoms with van der Waals surface area (Å²) in [5.74, 6) is -1.36. The normalized spacial score (nSPS) is 11.0. The van der Waals surface area contributed by atoms with Crippen LogP contribution in [-0.4, -0.2) is 35.2 Å². The minimum Gasteiger partial charge on any atom is -0.506 e. The number of rotatable bonds is 8. The number of hydrogen-bond donors (Lipinski definition) is 2. The Morgan fingerprint density at radius 1 is 0.976 bits per heavy atom. The van der Waals surface area contributed by atoms with E-state index in [0.29, 0.717) is 33.7 Å². The van der Waals surface area contributed by atoms with Gasteiger partial charge in [0.2, 0.25) is 0 Å². The number of amides is 1. The first-order chi connectivity index (χ1) is 19.8. The van der Waals surface area contributed by atoms with E-state index >= 15 is 4.39 Å². The maximum Gasteiger partial charge on any atom is 0.261 e. The van der Waals surface area contributed by atoms with E-state index in [1.165, 1.54) is 43.5 Å². The molecule has 0 aliphatic heterocycles. The molecule has 0 radical (unpaired) electrons. The molecule has 0 unspecified atom stereocenters. The van der Waals surface area contributed by atoms with Crippen LogP contribution in [0.4, 0.5) is 14.5 Å². The first-order valence-corrected chi connectivity index (χ1v) is 12.5. The lowest BCUT2D eigenvalue weighted by Gasteiger charge is -2.17. The van der Waals surface area contributed by atoms with E-state index in [4.69, 9.17) is 14.2 Å². The predicted octanol–water partition coefficient (Wildman–Crippen LogP) is 6.79. The summed E-state index contributed by atoms with van der Waals surface area (Å²) in [4.78, 5) is 22.1. The van der Waals surface area contributed by atoms with Crippen molar-refractivity contribution in [2.45, 2.75) is 13.5 Å². The monoisotopic (exact) mass is 557 g/mol. The number of carbonyl (C=O) groups excluding carboxylic acids is 1. The summed E-state index contributed by atoms with van der Waals surface area (Å²) in [5, 5.41) is 14.4. The summed E-state index contributed by atoms with van der Waals surface area (Å²) in [5.41, 5.74) is 1.97. The van der Waals surface area contributed by atoms with Crippen LogP contribution < -0.4 is 14.8 Å². The van der Waals surface area contributed by atoms with E-state index in [1.54, 1.807) is 44.5 Å². The highest BCUT2D eigenvalue weighted by Crippen LogP contribution is 2.37. The summed E-state index contributed by atoms with van der Waals surface area (Å²) in [6.45, 7) is 1.60. The average molecular weight is 558 g/mol. The van der Waals surface area contributed by atoms with E-state index in [9.17, 15) is 14.3 Å². The molecule has 1 amide bonds. The SMILES string of the molecule is COCc1nc(C)c(-c2ccc(F)cc2)c(O)c1C(=O)Nc1ccc(Oc2ccnc3ccc(OC)cc23)c(F)c1. The number of aromatic hydroxyl groups is 1. The fraction of sp³-hybridized carbons (Fsp3) is 0.129. The molecule has 2 N–H and O–H groups in total. The van der Waals surface area contributed by atoms with Crippen molar-refractivity contribution in [1.29, 1.82) is 0 Å². The number of benzene rings is 3. The lowest BCUT2D eigenvalue weighted by atomic mass is 9.98. The van der Waals surface area contributed by atoms with Crippen LogP contribution in [0.15, 0.2) is 72.9 Å². The van der Waals surface area contributed by atoms with E-state index in [-0.39, 0.29) is 40.6 Å². The molecule has 0 bridgehead atoms. The van der Waals surface area contributed by atoms with Crippen molar-refractivity contribution in [2.24, 2.45) is 0 Å². The van der Waals surface area contributed by atoms with Gasteiger partial charge in [-0.25, -0.2) is 8.78 Å². The van der Waals surface area contributed by atoms with Gasteiger partial charge in [0.05, 0.1) is 24.9 Å². The second kappa shape index (κ2) is 11.6. The Morgan fingerprint density at radius 2 is 1.76 bits per heavy atom. The van der Waals surface area contributed by atoms with E-state index < -0.39 is 17.5 Å². The molecular weight excluding hydrogens is 532 g/mol. The molecule has 10 heteroatoms. The van der Waals surface area contributed by atoms with Crippen LogP contribution in [0.5, 0.6) is 23.0 Å². The number of pyridine rings is 2. The largest absolute Gasteiger partial charge is 0.506 e. The Balaban J connectivity index is 1.44. The zero-order valence-corrected chi connectivity index (χ0v) is 22.4. The number of methoxy groups -OCH3 is 2. The van der Waals surface area contributed by atoms with Crippen LogP contribution in [0.3, 0.4) is 0 Å². The number of nitrogens with zero attached hydrogens (tertiary/aromatic N) is 2. The summed E-state index contributed by atoms with van der Waals surface area (Å²) in [6, 6.07) is 16.3. The van der Waals surface area contributed by atoms with E-state index in [1.807, 2.05) is 0 Å². The van der Waals surface area contributed by atoms with E-state index in [2.05, 4.69) is 15.3 Å². The number of aryl methyl sites for hydroxylation is 1. The third-order valence-corrected chi connectivity index (χ3v) is 6.39. The lowest BCUT2D eigenvalue weighted by Crippen LogP contribution is -2.17. The number of anilines is 1. The first kappa shape index (κ1) is 27.5. The minimum absolute atomic E-state index is 0.0628.